The summed E-state index contributed by atoms with van der Waals surface area (Å²) in [6, 6.07) is 9.00. The van der Waals surface area contributed by atoms with Crippen LogP contribution >= 0.6 is 12.4 Å². The topological polar surface area (TPSA) is 12.0 Å². The van der Waals surface area contributed by atoms with E-state index in [1.807, 2.05) is 0 Å². The van der Waals surface area contributed by atoms with E-state index in [1.54, 1.807) is 0 Å². The Labute approximate surface area is 111 Å². The summed E-state index contributed by atoms with van der Waals surface area (Å²) in [5, 5.41) is 3.43. The molecule has 2 rings (SSSR count). The van der Waals surface area contributed by atoms with Crippen LogP contribution in [0.1, 0.15) is 36.8 Å². The Kier molecular flexibility index (Phi) is 6.61. The van der Waals surface area contributed by atoms with Crippen LogP contribution in [0.4, 0.5) is 0 Å². The van der Waals surface area contributed by atoms with Gasteiger partial charge >= 0.3 is 0 Å². The minimum atomic E-state index is 0. The minimum Gasteiger partial charge on any atom is -0.317 e. The van der Waals surface area contributed by atoms with Gasteiger partial charge in [0.1, 0.15) is 0 Å². The first-order valence-corrected chi connectivity index (χ1v) is 6.61. The molecule has 0 spiro atoms. The molecule has 0 aliphatic carbocycles. The van der Waals surface area contributed by atoms with Crippen molar-refractivity contribution in [3.63, 3.8) is 0 Å². The van der Waals surface area contributed by atoms with Crippen molar-refractivity contribution in [2.45, 2.75) is 39.0 Å². The van der Waals surface area contributed by atoms with E-state index in [9.17, 15) is 0 Å². The number of nitrogens with one attached hydrogen (secondary N) is 1. The lowest BCUT2D eigenvalue weighted by atomic mass is 9.91. The summed E-state index contributed by atoms with van der Waals surface area (Å²) in [4.78, 5) is 0. The Morgan fingerprint density at radius 3 is 2.41 bits per heavy atom. The summed E-state index contributed by atoms with van der Waals surface area (Å²) in [7, 11) is 0. The molecule has 1 aliphatic rings. The van der Waals surface area contributed by atoms with E-state index in [1.165, 1.54) is 56.3 Å². The Hall–Kier alpha value is -0.530. The molecule has 0 aromatic heterocycles. The average molecular weight is 254 g/mol. The van der Waals surface area contributed by atoms with Crippen molar-refractivity contribution >= 4 is 12.4 Å². The highest BCUT2D eigenvalue weighted by Gasteiger charge is 2.11. The number of rotatable bonds is 4. The third-order valence-electron chi connectivity index (χ3n) is 3.66. The minimum absolute atomic E-state index is 0. The van der Waals surface area contributed by atoms with E-state index < -0.39 is 0 Å². The molecule has 0 radical (unpaired) electrons. The molecule has 2 heteroatoms. The molecular formula is C15H24ClN. The number of aryl methyl sites for hydroxylation is 2. The summed E-state index contributed by atoms with van der Waals surface area (Å²) in [5.74, 6) is 0.978. The van der Waals surface area contributed by atoms with Crippen LogP contribution < -0.4 is 5.32 Å². The van der Waals surface area contributed by atoms with Crippen LogP contribution in [0, 0.1) is 12.8 Å². The van der Waals surface area contributed by atoms with Gasteiger partial charge in [-0.2, -0.15) is 0 Å². The van der Waals surface area contributed by atoms with E-state index in [0.717, 1.165) is 5.92 Å². The highest BCUT2D eigenvalue weighted by Crippen LogP contribution is 2.19. The molecule has 0 unspecified atom stereocenters. The molecule has 1 saturated heterocycles. The molecule has 0 saturated carbocycles. The van der Waals surface area contributed by atoms with Crippen molar-refractivity contribution < 1.29 is 0 Å². The number of piperidine rings is 1. The maximum atomic E-state index is 3.43. The highest BCUT2D eigenvalue weighted by molar-refractivity contribution is 5.85. The van der Waals surface area contributed by atoms with E-state index >= 15 is 0 Å². The Morgan fingerprint density at radius 2 is 1.76 bits per heavy atom. The molecule has 17 heavy (non-hydrogen) atoms. The molecule has 0 bridgehead atoms. The number of halogens is 1. The van der Waals surface area contributed by atoms with Gasteiger partial charge in [0.15, 0.2) is 0 Å². The van der Waals surface area contributed by atoms with E-state index in [0.29, 0.717) is 0 Å². The quantitative estimate of drug-likeness (QED) is 0.862. The molecule has 1 aromatic rings. The first-order valence-electron chi connectivity index (χ1n) is 6.61. The van der Waals surface area contributed by atoms with Crippen molar-refractivity contribution in [3.8, 4) is 0 Å². The summed E-state index contributed by atoms with van der Waals surface area (Å²) in [6.07, 6.45) is 6.79. The second-order valence-electron chi connectivity index (χ2n) is 5.07. The summed E-state index contributed by atoms with van der Waals surface area (Å²) >= 11 is 0. The first kappa shape index (κ1) is 14.5. The van der Waals surface area contributed by atoms with E-state index in [4.69, 9.17) is 0 Å². The lowest BCUT2D eigenvalue weighted by Crippen LogP contribution is -2.27. The van der Waals surface area contributed by atoms with Gasteiger partial charge in [-0.3, -0.25) is 0 Å². The van der Waals surface area contributed by atoms with Gasteiger partial charge in [0, 0.05) is 0 Å². The van der Waals surface area contributed by atoms with Crippen LogP contribution in [0.5, 0.6) is 0 Å². The summed E-state index contributed by atoms with van der Waals surface area (Å²) in [6.45, 7) is 4.61. The van der Waals surface area contributed by atoms with Gasteiger partial charge in [0.05, 0.1) is 0 Å². The molecule has 0 atom stereocenters. The molecular weight excluding hydrogens is 230 g/mol. The first-order chi connectivity index (χ1) is 7.84. The third-order valence-corrected chi connectivity index (χ3v) is 3.66. The van der Waals surface area contributed by atoms with Crippen LogP contribution in [-0.4, -0.2) is 13.1 Å². The fourth-order valence-corrected chi connectivity index (χ4v) is 2.52. The molecule has 1 N–H and O–H groups in total. The van der Waals surface area contributed by atoms with Crippen LogP contribution in [-0.2, 0) is 6.42 Å². The summed E-state index contributed by atoms with van der Waals surface area (Å²) < 4.78 is 0. The van der Waals surface area contributed by atoms with Crippen LogP contribution in [0.15, 0.2) is 24.3 Å². The van der Waals surface area contributed by atoms with Gasteiger partial charge in [0.2, 0.25) is 0 Å². The normalized spacial score (nSPS) is 16.5. The summed E-state index contributed by atoms with van der Waals surface area (Å²) in [5.41, 5.74) is 2.86. The SMILES string of the molecule is Cc1ccc(CCCC2CCNCC2)cc1.Cl. The third kappa shape index (κ3) is 5.10. The van der Waals surface area contributed by atoms with Crippen molar-refractivity contribution in [1.29, 1.82) is 0 Å². The molecule has 96 valence electrons. The fourth-order valence-electron chi connectivity index (χ4n) is 2.52. The van der Waals surface area contributed by atoms with Crippen molar-refractivity contribution in [1.82, 2.24) is 5.32 Å². The second kappa shape index (κ2) is 7.73. The van der Waals surface area contributed by atoms with Crippen molar-refractivity contribution in [2.24, 2.45) is 5.92 Å². The smallest absolute Gasteiger partial charge is 0.00463 e. The molecule has 1 aromatic carbocycles. The van der Waals surface area contributed by atoms with Gasteiger partial charge in [-0.25, -0.2) is 0 Å². The Bertz CT molecular complexity index is 301. The van der Waals surface area contributed by atoms with Gasteiger partial charge in [0.25, 0.3) is 0 Å². The maximum Gasteiger partial charge on any atom is -0.00463 e. The zero-order valence-corrected chi connectivity index (χ0v) is 11.6. The average Bonchev–Trinajstić information content (AvgIpc) is 2.33. The Balaban J connectivity index is 0.00000144. The van der Waals surface area contributed by atoms with Crippen LogP contribution in [0.25, 0.3) is 0 Å². The van der Waals surface area contributed by atoms with E-state index in [2.05, 4.69) is 36.5 Å². The number of benzene rings is 1. The second-order valence-corrected chi connectivity index (χ2v) is 5.07. The van der Waals surface area contributed by atoms with Crippen molar-refractivity contribution in [2.75, 3.05) is 13.1 Å². The van der Waals surface area contributed by atoms with Crippen molar-refractivity contribution in [3.05, 3.63) is 35.4 Å². The maximum absolute atomic E-state index is 3.43. The molecule has 1 heterocycles. The van der Waals surface area contributed by atoms with Crippen LogP contribution in [0.2, 0.25) is 0 Å². The number of hydrogen-bond acceptors (Lipinski definition) is 1. The lowest BCUT2D eigenvalue weighted by molar-refractivity contribution is 0.347. The zero-order valence-electron chi connectivity index (χ0n) is 10.7. The van der Waals surface area contributed by atoms with Gasteiger partial charge in [-0.05, 0) is 57.2 Å². The van der Waals surface area contributed by atoms with E-state index in [-0.39, 0.29) is 12.4 Å². The highest BCUT2D eigenvalue weighted by atomic mass is 35.5. The van der Waals surface area contributed by atoms with Gasteiger partial charge in [-0.1, -0.05) is 36.2 Å². The lowest BCUT2D eigenvalue weighted by Gasteiger charge is -2.22. The standard InChI is InChI=1S/C15H23N.ClH/c1-13-5-7-14(8-6-13)3-2-4-15-9-11-16-12-10-15;/h5-8,15-16H,2-4,9-12H2,1H3;1H. The van der Waals surface area contributed by atoms with Crippen LogP contribution in [0.3, 0.4) is 0 Å². The largest absolute Gasteiger partial charge is 0.317 e. The molecule has 0 amide bonds. The predicted molar refractivity (Wildman–Crippen MR) is 77.0 cm³/mol. The fraction of sp³-hybridized carbons (Fsp3) is 0.600. The molecule has 1 fully saturated rings. The molecule has 1 nitrogen and oxygen atoms in total. The van der Waals surface area contributed by atoms with Gasteiger partial charge < -0.3 is 5.32 Å². The monoisotopic (exact) mass is 253 g/mol. The molecule has 1 aliphatic heterocycles. The number of hydrogen-bond donors (Lipinski definition) is 1. The predicted octanol–water partition coefficient (Wildman–Crippen LogP) is 3.74. The van der Waals surface area contributed by atoms with Gasteiger partial charge in [-0.15, -0.1) is 12.4 Å². The Morgan fingerprint density at radius 1 is 1.12 bits per heavy atom. The zero-order chi connectivity index (χ0) is 11.2.